The summed E-state index contributed by atoms with van der Waals surface area (Å²) in [5.74, 6) is -1.80. The Kier molecular flexibility index (Phi) is 4.42. The van der Waals surface area contributed by atoms with Gasteiger partial charge in [0.05, 0.1) is 11.8 Å². The predicted molar refractivity (Wildman–Crippen MR) is 78.9 cm³/mol. The first-order valence-electron chi connectivity index (χ1n) is 6.90. The number of hydrogen-bond donors (Lipinski definition) is 2. The largest absolute Gasteiger partial charge is 0.459 e. The van der Waals surface area contributed by atoms with Gasteiger partial charge >= 0.3 is 6.18 Å². The van der Waals surface area contributed by atoms with Gasteiger partial charge in [-0.2, -0.15) is 13.2 Å². The average molecular weight is 340 g/mol. The highest BCUT2D eigenvalue weighted by Crippen LogP contribution is 2.32. The maximum absolute atomic E-state index is 12.9. The van der Waals surface area contributed by atoms with Gasteiger partial charge in [0.25, 0.3) is 5.91 Å². The molecule has 0 unspecified atom stereocenters. The van der Waals surface area contributed by atoms with Crippen molar-refractivity contribution in [3.05, 3.63) is 59.0 Å². The Balaban J connectivity index is 2.43. The zero-order valence-electron chi connectivity index (χ0n) is 12.9. The van der Waals surface area contributed by atoms with E-state index in [0.717, 1.165) is 18.2 Å². The van der Waals surface area contributed by atoms with E-state index >= 15 is 0 Å². The Morgan fingerprint density at radius 3 is 2.29 bits per heavy atom. The Morgan fingerprint density at radius 1 is 1.17 bits per heavy atom. The quantitative estimate of drug-likeness (QED) is 0.897. The fourth-order valence-corrected chi connectivity index (χ4v) is 2.17. The molecule has 1 heterocycles. The van der Waals surface area contributed by atoms with Gasteiger partial charge < -0.3 is 15.5 Å². The van der Waals surface area contributed by atoms with Gasteiger partial charge in [-0.15, -0.1) is 0 Å². The van der Waals surface area contributed by atoms with Crippen LogP contribution in [0.5, 0.6) is 0 Å². The number of nitrogens with two attached hydrogens (primary N) is 1. The summed E-state index contributed by atoms with van der Waals surface area (Å²) in [6.45, 7) is 2.85. The van der Waals surface area contributed by atoms with E-state index < -0.39 is 29.1 Å². The highest BCUT2D eigenvalue weighted by Gasteiger charge is 2.38. The minimum Gasteiger partial charge on any atom is -0.459 e. The molecule has 1 aromatic carbocycles. The summed E-state index contributed by atoms with van der Waals surface area (Å²) < 4.78 is 43.7. The molecule has 0 saturated heterocycles. The van der Waals surface area contributed by atoms with Gasteiger partial charge in [0.1, 0.15) is 5.54 Å². The van der Waals surface area contributed by atoms with Gasteiger partial charge in [0.15, 0.2) is 5.76 Å². The first-order valence-corrected chi connectivity index (χ1v) is 6.90. The highest BCUT2D eigenvalue weighted by molar-refractivity contribution is 5.98. The molecule has 5 nitrogen and oxygen atoms in total. The van der Waals surface area contributed by atoms with Crippen LogP contribution in [-0.2, 0) is 16.5 Å². The van der Waals surface area contributed by atoms with E-state index in [1.54, 1.807) is 13.0 Å². The minimum absolute atomic E-state index is 0.0468. The third kappa shape index (κ3) is 3.27. The van der Waals surface area contributed by atoms with Crippen LogP contribution < -0.4 is 11.1 Å². The van der Waals surface area contributed by atoms with E-state index in [1.807, 2.05) is 0 Å². The van der Waals surface area contributed by atoms with Gasteiger partial charge in [0, 0.05) is 5.56 Å². The van der Waals surface area contributed by atoms with Gasteiger partial charge in [-0.3, -0.25) is 9.59 Å². The van der Waals surface area contributed by atoms with Crippen LogP contribution in [0.4, 0.5) is 13.2 Å². The van der Waals surface area contributed by atoms with E-state index in [9.17, 15) is 22.8 Å². The third-order valence-corrected chi connectivity index (χ3v) is 3.69. The Morgan fingerprint density at radius 2 is 1.79 bits per heavy atom. The second-order valence-corrected chi connectivity index (χ2v) is 5.45. The SMILES string of the molecule is Cc1ccoc1C(=O)N[C@@](C)(C(N)=O)c1cccc(C(F)(F)F)c1. The van der Waals surface area contributed by atoms with E-state index in [2.05, 4.69) is 5.32 Å². The lowest BCUT2D eigenvalue weighted by atomic mass is 9.89. The van der Waals surface area contributed by atoms with Crippen molar-refractivity contribution < 1.29 is 27.2 Å². The van der Waals surface area contributed by atoms with Crippen LogP contribution in [0.1, 0.15) is 34.2 Å². The lowest BCUT2D eigenvalue weighted by Gasteiger charge is -2.28. The van der Waals surface area contributed by atoms with Crippen LogP contribution in [0, 0.1) is 6.92 Å². The highest BCUT2D eigenvalue weighted by atomic mass is 19.4. The molecular formula is C16H15F3N2O3. The molecule has 2 aromatic rings. The second-order valence-electron chi connectivity index (χ2n) is 5.45. The lowest BCUT2D eigenvalue weighted by Crippen LogP contribution is -2.52. The molecule has 8 heteroatoms. The number of carbonyl (C=O) groups is 2. The number of amides is 2. The first-order chi connectivity index (χ1) is 11.1. The molecule has 0 radical (unpaired) electrons. The van der Waals surface area contributed by atoms with Gasteiger partial charge in [0.2, 0.25) is 5.91 Å². The van der Waals surface area contributed by atoms with E-state index in [-0.39, 0.29) is 11.3 Å². The number of alkyl halides is 3. The molecule has 0 spiro atoms. The predicted octanol–water partition coefficient (Wildman–Crippen LogP) is 2.74. The summed E-state index contributed by atoms with van der Waals surface area (Å²) in [5.41, 5.74) is 2.99. The molecular weight excluding hydrogens is 325 g/mol. The van der Waals surface area contributed by atoms with Crippen molar-refractivity contribution in [2.24, 2.45) is 5.73 Å². The maximum Gasteiger partial charge on any atom is 0.416 e. The molecule has 2 rings (SSSR count). The van der Waals surface area contributed by atoms with Crippen molar-refractivity contribution in [3.63, 3.8) is 0 Å². The molecule has 0 aliphatic rings. The monoisotopic (exact) mass is 340 g/mol. The summed E-state index contributed by atoms with van der Waals surface area (Å²) in [7, 11) is 0. The van der Waals surface area contributed by atoms with Gasteiger partial charge in [-0.1, -0.05) is 12.1 Å². The second kappa shape index (κ2) is 6.03. The topological polar surface area (TPSA) is 85.3 Å². The summed E-state index contributed by atoms with van der Waals surface area (Å²) >= 11 is 0. The van der Waals surface area contributed by atoms with E-state index in [0.29, 0.717) is 5.56 Å². The van der Waals surface area contributed by atoms with Crippen LogP contribution in [-0.4, -0.2) is 11.8 Å². The van der Waals surface area contributed by atoms with Crippen molar-refractivity contribution in [3.8, 4) is 0 Å². The Labute approximate surface area is 135 Å². The molecule has 3 N–H and O–H groups in total. The molecule has 1 aromatic heterocycles. The fraction of sp³-hybridized carbons (Fsp3) is 0.250. The zero-order valence-corrected chi connectivity index (χ0v) is 12.9. The lowest BCUT2D eigenvalue weighted by molar-refractivity contribution is -0.137. The van der Waals surface area contributed by atoms with Crippen molar-refractivity contribution in [1.29, 1.82) is 0 Å². The molecule has 0 saturated carbocycles. The molecule has 128 valence electrons. The van der Waals surface area contributed by atoms with Crippen molar-refractivity contribution >= 4 is 11.8 Å². The van der Waals surface area contributed by atoms with Crippen LogP contribution in [0.2, 0.25) is 0 Å². The van der Waals surface area contributed by atoms with Crippen LogP contribution >= 0.6 is 0 Å². The summed E-state index contributed by atoms with van der Waals surface area (Å²) in [5, 5.41) is 2.36. The molecule has 0 bridgehead atoms. The van der Waals surface area contributed by atoms with Gasteiger partial charge in [-0.25, -0.2) is 0 Å². The normalized spacial score (nSPS) is 14.0. The number of carbonyl (C=O) groups excluding carboxylic acids is 2. The van der Waals surface area contributed by atoms with Crippen LogP contribution in [0.3, 0.4) is 0 Å². The fourth-order valence-electron chi connectivity index (χ4n) is 2.17. The molecule has 24 heavy (non-hydrogen) atoms. The number of nitrogens with one attached hydrogen (secondary N) is 1. The molecule has 0 fully saturated rings. The number of aryl methyl sites for hydroxylation is 1. The molecule has 0 aliphatic heterocycles. The van der Waals surface area contributed by atoms with Gasteiger partial charge in [-0.05, 0) is 37.6 Å². The first kappa shape index (κ1) is 17.6. The smallest absolute Gasteiger partial charge is 0.416 e. The molecule has 2 amide bonds. The van der Waals surface area contributed by atoms with Crippen LogP contribution in [0.25, 0.3) is 0 Å². The van der Waals surface area contributed by atoms with Crippen LogP contribution in [0.15, 0.2) is 41.0 Å². The minimum atomic E-state index is -4.59. The van der Waals surface area contributed by atoms with Crippen molar-refractivity contribution in [2.45, 2.75) is 25.6 Å². The summed E-state index contributed by atoms with van der Waals surface area (Å²) in [4.78, 5) is 24.1. The number of rotatable bonds is 4. The maximum atomic E-state index is 12.9. The van der Waals surface area contributed by atoms with E-state index in [4.69, 9.17) is 10.2 Å². The Hall–Kier alpha value is -2.77. The Bertz CT molecular complexity index is 783. The molecule has 1 atom stereocenters. The van der Waals surface area contributed by atoms with Crippen molar-refractivity contribution in [2.75, 3.05) is 0 Å². The summed E-state index contributed by atoms with van der Waals surface area (Å²) in [6.07, 6.45) is -3.30. The summed E-state index contributed by atoms with van der Waals surface area (Å²) in [6, 6.07) is 5.61. The number of hydrogen-bond acceptors (Lipinski definition) is 3. The van der Waals surface area contributed by atoms with Crippen molar-refractivity contribution in [1.82, 2.24) is 5.32 Å². The third-order valence-electron chi connectivity index (χ3n) is 3.69. The number of primary amides is 1. The number of benzene rings is 1. The number of halogens is 3. The van der Waals surface area contributed by atoms with E-state index in [1.165, 1.54) is 19.3 Å². The molecule has 0 aliphatic carbocycles. The number of furan rings is 1. The zero-order chi connectivity index (χ0) is 18.1. The standard InChI is InChI=1S/C16H15F3N2O3/c1-9-6-7-24-12(9)13(22)21-15(2,14(20)23)10-4-3-5-11(8-10)16(17,18)19/h3-8H,1-2H3,(H2,20,23)(H,21,22)/t15-/m1/s1. The average Bonchev–Trinajstić information content (AvgIpc) is 2.92.